The zero-order chi connectivity index (χ0) is 23.1. The first kappa shape index (κ1) is 19.9. The van der Waals surface area contributed by atoms with E-state index in [-0.39, 0.29) is 29.1 Å². The minimum Gasteiger partial charge on any atom is -0.495 e. The van der Waals surface area contributed by atoms with E-state index in [4.69, 9.17) is 4.74 Å². The Bertz CT molecular complexity index is 1260. The summed E-state index contributed by atoms with van der Waals surface area (Å²) in [6, 6.07) is 10.8. The molecule has 4 aliphatic heterocycles. The highest BCUT2D eigenvalue weighted by Crippen LogP contribution is 2.61. The molecule has 0 aliphatic carbocycles. The Hall–Kier alpha value is -3.79. The Labute approximate surface area is 188 Å². The standard InChI is InChI=1S/C23H20N4O6/c1-33-17-9-8-12(27(31)32)11-16(17)26-20(28)18-15-7-4-10-25(15)23(19(18)21(26)29)13-5-2-3-6-14(13)24-22(23)30/h2-3,5-6,8-9,11,15,18-19H,4,7,10H2,1H3,(H,24,30)/t15-,18+,19-,23+/m0/s1. The molecule has 2 aromatic carbocycles. The number of nitrogens with one attached hydrogen (secondary N) is 1. The van der Waals surface area contributed by atoms with Gasteiger partial charge in [-0.2, -0.15) is 0 Å². The van der Waals surface area contributed by atoms with E-state index in [0.717, 1.165) is 11.3 Å². The van der Waals surface area contributed by atoms with E-state index in [2.05, 4.69) is 5.32 Å². The second kappa shape index (κ2) is 6.61. The first-order chi connectivity index (χ1) is 15.9. The van der Waals surface area contributed by atoms with Crippen LogP contribution in [0.1, 0.15) is 18.4 Å². The maximum Gasteiger partial charge on any atom is 0.271 e. The number of benzene rings is 2. The summed E-state index contributed by atoms with van der Waals surface area (Å²) in [7, 11) is 1.37. The van der Waals surface area contributed by atoms with Crippen molar-refractivity contribution in [2.75, 3.05) is 23.9 Å². The van der Waals surface area contributed by atoms with Crippen LogP contribution < -0.4 is 15.0 Å². The van der Waals surface area contributed by atoms with Gasteiger partial charge in [-0.1, -0.05) is 18.2 Å². The summed E-state index contributed by atoms with van der Waals surface area (Å²) in [5, 5.41) is 14.3. The van der Waals surface area contributed by atoms with Crippen molar-refractivity contribution in [2.24, 2.45) is 11.8 Å². The molecule has 6 rings (SSSR count). The molecule has 4 atom stereocenters. The summed E-state index contributed by atoms with van der Waals surface area (Å²) in [4.78, 5) is 55.1. The second-order valence-electron chi connectivity index (χ2n) is 8.80. The molecule has 10 heteroatoms. The lowest BCUT2D eigenvalue weighted by atomic mass is 9.75. The topological polar surface area (TPSA) is 122 Å². The fraction of sp³-hybridized carbons (Fsp3) is 0.348. The normalized spacial score (nSPS) is 29.9. The summed E-state index contributed by atoms with van der Waals surface area (Å²) in [5.74, 6) is -2.77. The fourth-order valence-corrected chi connectivity index (χ4v) is 6.36. The lowest BCUT2D eigenvalue weighted by molar-refractivity contribution is -0.384. The van der Waals surface area contributed by atoms with Crippen molar-refractivity contribution in [1.29, 1.82) is 0 Å². The smallest absolute Gasteiger partial charge is 0.271 e. The number of nitrogens with zero attached hydrogens (tertiary/aromatic N) is 3. The Morgan fingerprint density at radius 3 is 2.70 bits per heavy atom. The fourth-order valence-electron chi connectivity index (χ4n) is 6.36. The van der Waals surface area contributed by atoms with Gasteiger partial charge in [0.05, 0.1) is 23.9 Å². The molecule has 1 N–H and O–H groups in total. The van der Waals surface area contributed by atoms with Crippen LogP contribution in [-0.2, 0) is 19.9 Å². The van der Waals surface area contributed by atoms with E-state index < -0.39 is 34.1 Å². The molecular weight excluding hydrogens is 428 g/mol. The number of amides is 3. The molecule has 33 heavy (non-hydrogen) atoms. The average Bonchev–Trinajstić information content (AvgIpc) is 3.51. The number of carbonyl (C=O) groups is 3. The summed E-state index contributed by atoms with van der Waals surface area (Å²) in [6.45, 7) is 0.611. The number of nitro groups is 1. The monoisotopic (exact) mass is 448 g/mol. The number of ether oxygens (including phenoxy) is 1. The minimum absolute atomic E-state index is 0.0301. The van der Waals surface area contributed by atoms with Crippen LogP contribution in [-0.4, -0.2) is 47.2 Å². The van der Waals surface area contributed by atoms with Gasteiger partial charge in [-0.15, -0.1) is 0 Å². The number of carbonyl (C=O) groups excluding carboxylic acids is 3. The Kier molecular flexibility index (Phi) is 3.98. The van der Waals surface area contributed by atoms with Crippen molar-refractivity contribution in [3.8, 4) is 5.75 Å². The summed E-state index contributed by atoms with van der Waals surface area (Å²) >= 11 is 0. The van der Waals surface area contributed by atoms with Crippen LogP contribution in [0.3, 0.4) is 0 Å². The molecule has 0 unspecified atom stereocenters. The average molecular weight is 448 g/mol. The molecule has 3 amide bonds. The van der Waals surface area contributed by atoms with E-state index in [9.17, 15) is 24.5 Å². The number of rotatable bonds is 3. The summed E-state index contributed by atoms with van der Waals surface area (Å²) in [5.41, 5.74) is -0.173. The first-order valence-electron chi connectivity index (χ1n) is 10.8. The molecule has 0 saturated carbocycles. The lowest BCUT2D eigenvalue weighted by Gasteiger charge is -2.36. The number of para-hydroxylation sites is 1. The maximum absolute atomic E-state index is 14.0. The van der Waals surface area contributed by atoms with E-state index in [1.54, 1.807) is 6.07 Å². The zero-order valence-electron chi connectivity index (χ0n) is 17.7. The number of hydrogen-bond acceptors (Lipinski definition) is 7. The molecule has 3 saturated heterocycles. The van der Waals surface area contributed by atoms with Crippen LogP contribution >= 0.6 is 0 Å². The van der Waals surface area contributed by atoms with Gasteiger partial charge in [-0.3, -0.25) is 29.4 Å². The van der Waals surface area contributed by atoms with Gasteiger partial charge in [-0.05, 0) is 31.5 Å². The highest BCUT2D eigenvalue weighted by Gasteiger charge is 2.74. The molecule has 4 heterocycles. The van der Waals surface area contributed by atoms with Gasteiger partial charge in [0, 0.05) is 29.4 Å². The van der Waals surface area contributed by atoms with Crippen LogP contribution in [0.15, 0.2) is 42.5 Å². The van der Waals surface area contributed by atoms with E-state index in [0.29, 0.717) is 24.2 Å². The van der Waals surface area contributed by atoms with Crippen molar-refractivity contribution < 1.29 is 24.0 Å². The summed E-state index contributed by atoms with van der Waals surface area (Å²) < 4.78 is 5.33. The largest absolute Gasteiger partial charge is 0.495 e. The molecule has 0 bridgehead atoms. The Balaban J connectivity index is 1.55. The Morgan fingerprint density at radius 1 is 1.15 bits per heavy atom. The van der Waals surface area contributed by atoms with Gasteiger partial charge in [-0.25, -0.2) is 4.90 Å². The third-order valence-electron chi connectivity index (χ3n) is 7.51. The number of methoxy groups -OCH3 is 1. The van der Waals surface area contributed by atoms with Gasteiger partial charge >= 0.3 is 0 Å². The predicted molar refractivity (Wildman–Crippen MR) is 116 cm³/mol. The van der Waals surface area contributed by atoms with Crippen molar-refractivity contribution in [3.05, 3.63) is 58.1 Å². The number of fused-ring (bicyclic) bond motifs is 7. The molecule has 0 radical (unpaired) electrons. The third kappa shape index (κ3) is 2.28. The predicted octanol–water partition coefficient (Wildman–Crippen LogP) is 2.03. The van der Waals surface area contributed by atoms with Gasteiger partial charge < -0.3 is 10.1 Å². The minimum atomic E-state index is -1.28. The molecule has 3 fully saturated rings. The number of non-ortho nitro benzene ring substituents is 1. The van der Waals surface area contributed by atoms with E-state index in [1.165, 1.54) is 25.3 Å². The van der Waals surface area contributed by atoms with Crippen molar-refractivity contribution in [3.63, 3.8) is 0 Å². The quantitative estimate of drug-likeness (QED) is 0.433. The van der Waals surface area contributed by atoms with Gasteiger partial charge in [0.25, 0.3) is 5.69 Å². The van der Waals surface area contributed by atoms with E-state index in [1.807, 2.05) is 23.1 Å². The molecule has 0 aromatic heterocycles. The van der Waals surface area contributed by atoms with Crippen LogP contribution in [0, 0.1) is 22.0 Å². The van der Waals surface area contributed by atoms with Crippen LogP contribution in [0.2, 0.25) is 0 Å². The van der Waals surface area contributed by atoms with Crippen molar-refractivity contribution in [2.45, 2.75) is 24.4 Å². The number of nitro benzene ring substituents is 1. The Morgan fingerprint density at radius 2 is 1.94 bits per heavy atom. The highest BCUT2D eigenvalue weighted by molar-refractivity contribution is 6.26. The SMILES string of the molecule is COc1ccc([N+](=O)[O-])cc1N1C(=O)[C@H]2[C@@H](C1=O)[C@]1(C(=O)Nc3ccccc31)N1CCC[C@@H]21. The lowest BCUT2D eigenvalue weighted by Crippen LogP contribution is -2.54. The van der Waals surface area contributed by atoms with Crippen LogP contribution in [0.25, 0.3) is 0 Å². The number of anilines is 2. The molecule has 168 valence electrons. The van der Waals surface area contributed by atoms with Crippen LogP contribution in [0.5, 0.6) is 5.75 Å². The molecule has 2 aromatic rings. The van der Waals surface area contributed by atoms with Gasteiger partial charge in [0.2, 0.25) is 17.7 Å². The summed E-state index contributed by atoms with van der Waals surface area (Å²) in [6.07, 6.45) is 1.50. The number of imide groups is 1. The van der Waals surface area contributed by atoms with Gasteiger partial charge in [0.1, 0.15) is 17.0 Å². The highest BCUT2D eigenvalue weighted by atomic mass is 16.6. The number of hydrogen-bond donors (Lipinski definition) is 1. The molecule has 4 aliphatic rings. The molecule has 10 nitrogen and oxygen atoms in total. The van der Waals surface area contributed by atoms with E-state index >= 15 is 0 Å². The second-order valence-corrected chi connectivity index (χ2v) is 8.80. The van der Waals surface area contributed by atoms with Crippen LogP contribution in [0.4, 0.5) is 17.1 Å². The zero-order valence-corrected chi connectivity index (χ0v) is 17.7. The van der Waals surface area contributed by atoms with Crippen molar-refractivity contribution in [1.82, 2.24) is 4.90 Å². The van der Waals surface area contributed by atoms with Gasteiger partial charge in [0.15, 0.2) is 0 Å². The van der Waals surface area contributed by atoms with Crippen molar-refractivity contribution >= 4 is 34.8 Å². The first-order valence-corrected chi connectivity index (χ1v) is 10.8. The molecule has 1 spiro atoms. The molecular formula is C23H20N4O6. The third-order valence-corrected chi connectivity index (χ3v) is 7.51. The maximum atomic E-state index is 14.0.